The molecule has 0 spiro atoms. The standard InChI is InChI=1S/C12H16N6/c13-10-3-5-11(6-4-10)18-12(14-15-16-18)9-17-7-1-2-8-17/h3-6H,1-2,7-9,13H2. The number of hydrogen-bond acceptors (Lipinski definition) is 5. The molecule has 1 aromatic carbocycles. The maximum Gasteiger partial charge on any atom is 0.170 e. The van der Waals surface area contributed by atoms with Crippen molar-refractivity contribution in [3.05, 3.63) is 30.1 Å². The van der Waals surface area contributed by atoms with E-state index in [-0.39, 0.29) is 0 Å². The quantitative estimate of drug-likeness (QED) is 0.810. The van der Waals surface area contributed by atoms with Crippen LogP contribution < -0.4 is 5.73 Å². The molecular weight excluding hydrogens is 228 g/mol. The Bertz CT molecular complexity index is 512. The van der Waals surface area contributed by atoms with Gasteiger partial charge in [0.25, 0.3) is 0 Å². The van der Waals surface area contributed by atoms with Crippen LogP contribution in [0.5, 0.6) is 0 Å². The van der Waals surface area contributed by atoms with Crippen LogP contribution in [0.4, 0.5) is 5.69 Å². The highest BCUT2D eigenvalue weighted by molar-refractivity contribution is 5.44. The lowest BCUT2D eigenvalue weighted by Crippen LogP contribution is -2.21. The van der Waals surface area contributed by atoms with E-state index in [1.807, 2.05) is 24.3 Å². The Morgan fingerprint density at radius 1 is 1.11 bits per heavy atom. The van der Waals surface area contributed by atoms with E-state index < -0.39 is 0 Å². The van der Waals surface area contributed by atoms with Crippen molar-refractivity contribution in [2.75, 3.05) is 18.8 Å². The van der Waals surface area contributed by atoms with Crippen LogP contribution in [0.3, 0.4) is 0 Å². The molecule has 1 aliphatic rings. The average Bonchev–Trinajstić information content (AvgIpc) is 3.02. The number of nitrogens with two attached hydrogens (primary N) is 1. The van der Waals surface area contributed by atoms with Gasteiger partial charge in [-0.05, 0) is 60.6 Å². The maximum atomic E-state index is 5.68. The van der Waals surface area contributed by atoms with Crippen LogP contribution in [0.1, 0.15) is 18.7 Å². The number of nitrogens with zero attached hydrogens (tertiary/aromatic N) is 5. The van der Waals surface area contributed by atoms with Crippen LogP contribution in [0.2, 0.25) is 0 Å². The van der Waals surface area contributed by atoms with Crippen LogP contribution in [0.15, 0.2) is 24.3 Å². The molecule has 1 fully saturated rings. The van der Waals surface area contributed by atoms with E-state index in [1.54, 1.807) is 4.68 Å². The third-order valence-corrected chi connectivity index (χ3v) is 3.24. The number of benzene rings is 1. The van der Waals surface area contributed by atoms with Gasteiger partial charge in [-0.3, -0.25) is 4.90 Å². The number of anilines is 1. The van der Waals surface area contributed by atoms with E-state index in [0.29, 0.717) is 0 Å². The van der Waals surface area contributed by atoms with Gasteiger partial charge in [0.1, 0.15) is 0 Å². The summed E-state index contributed by atoms with van der Waals surface area (Å²) in [5.41, 5.74) is 7.37. The van der Waals surface area contributed by atoms with Gasteiger partial charge in [0, 0.05) is 5.69 Å². The van der Waals surface area contributed by atoms with Crippen LogP contribution in [0.25, 0.3) is 5.69 Å². The molecule has 2 heterocycles. The lowest BCUT2D eigenvalue weighted by atomic mass is 10.3. The first-order valence-corrected chi connectivity index (χ1v) is 6.18. The second-order valence-electron chi connectivity index (χ2n) is 4.58. The lowest BCUT2D eigenvalue weighted by molar-refractivity contribution is 0.319. The summed E-state index contributed by atoms with van der Waals surface area (Å²) in [6.45, 7) is 3.07. The third kappa shape index (κ3) is 2.19. The van der Waals surface area contributed by atoms with Gasteiger partial charge in [-0.2, -0.15) is 4.68 Å². The summed E-state index contributed by atoms with van der Waals surface area (Å²) in [4.78, 5) is 2.37. The van der Waals surface area contributed by atoms with Gasteiger partial charge < -0.3 is 5.73 Å². The summed E-state index contributed by atoms with van der Waals surface area (Å²) >= 11 is 0. The van der Waals surface area contributed by atoms with Crippen molar-refractivity contribution in [1.82, 2.24) is 25.1 Å². The van der Waals surface area contributed by atoms with Crippen molar-refractivity contribution in [2.45, 2.75) is 19.4 Å². The van der Waals surface area contributed by atoms with E-state index in [1.165, 1.54) is 12.8 Å². The predicted octanol–water partition coefficient (Wildman–Crippen LogP) is 0.840. The lowest BCUT2D eigenvalue weighted by Gasteiger charge is -2.13. The molecule has 0 radical (unpaired) electrons. The van der Waals surface area contributed by atoms with Crippen molar-refractivity contribution in [3.63, 3.8) is 0 Å². The molecule has 6 nitrogen and oxygen atoms in total. The number of hydrogen-bond donors (Lipinski definition) is 1. The van der Waals surface area contributed by atoms with Gasteiger partial charge >= 0.3 is 0 Å². The minimum Gasteiger partial charge on any atom is -0.399 e. The second kappa shape index (κ2) is 4.73. The molecular formula is C12H16N6. The van der Waals surface area contributed by atoms with Gasteiger partial charge in [-0.25, -0.2) is 0 Å². The molecule has 0 atom stereocenters. The molecule has 18 heavy (non-hydrogen) atoms. The summed E-state index contributed by atoms with van der Waals surface area (Å²) in [6, 6.07) is 7.58. The molecule has 2 N–H and O–H groups in total. The molecule has 94 valence electrons. The smallest absolute Gasteiger partial charge is 0.170 e. The summed E-state index contributed by atoms with van der Waals surface area (Å²) < 4.78 is 1.78. The van der Waals surface area contributed by atoms with E-state index in [9.17, 15) is 0 Å². The summed E-state index contributed by atoms with van der Waals surface area (Å²) in [5, 5.41) is 11.9. The van der Waals surface area contributed by atoms with Crippen molar-refractivity contribution in [2.24, 2.45) is 0 Å². The zero-order valence-corrected chi connectivity index (χ0v) is 10.2. The molecule has 0 amide bonds. The number of likely N-dealkylation sites (tertiary alicyclic amines) is 1. The number of nitrogen functional groups attached to an aromatic ring is 1. The van der Waals surface area contributed by atoms with Crippen LogP contribution in [-0.4, -0.2) is 38.2 Å². The fourth-order valence-corrected chi connectivity index (χ4v) is 2.26. The van der Waals surface area contributed by atoms with Gasteiger partial charge in [0.05, 0.1) is 12.2 Å². The first-order valence-electron chi connectivity index (χ1n) is 6.18. The van der Waals surface area contributed by atoms with Crippen molar-refractivity contribution in [1.29, 1.82) is 0 Å². The summed E-state index contributed by atoms with van der Waals surface area (Å²) in [6.07, 6.45) is 2.53. The number of rotatable bonds is 3. The molecule has 2 aromatic rings. The molecule has 0 unspecified atom stereocenters. The first-order chi connectivity index (χ1) is 8.83. The fourth-order valence-electron chi connectivity index (χ4n) is 2.26. The molecule has 0 saturated carbocycles. The molecule has 0 aliphatic carbocycles. The van der Waals surface area contributed by atoms with E-state index in [2.05, 4.69) is 20.4 Å². The van der Waals surface area contributed by atoms with E-state index in [4.69, 9.17) is 5.73 Å². The van der Waals surface area contributed by atoms with Gasteiger partial charge in [0.2, 0.25) is 0 Å². The van der Waals surface area contributed by atoms with Gasteiger partial charge in [-0.1, -0.05) is 0 Å². The SMILES string of the molecule is Nc1ccc(-n2nnnc2CN2CCCC2)cc1. The Balaban J connectivity index is 1.84. The highest BCUT2D eigenvalue weighted by atomic mass is 15.5. The Morgan fingerprint density at radius 2 is 1.83 bits per heavy atom. The van der Waals surface area contributed by atoms with Crippen molar-refractivity contribution < 1.29 is 0 Å². The van der Waals surface area contributed by atoms with Crippen LogP contribution in [0, 0.1) is 0 Å². The first kappa shape index (κ1) is 11.2. The fraction of sp³-hybridized carbons (Fsp3) is 0.417. The van der Waals surface area contributed by atoms with Crippen LogP contribution >= 0.6 is 0 Å². The Hall–Kier alpha value is -1.95. The minimum atomic E-state index is 0.743. The van der Waals surface area contributed by atoms with E-state index in [0.717, 1.165) is 36.8 Å². The molecule has 1 aliphatic heterocycles. The number of aromatic nitrogens is 4. The van der Waals surface area contributed by atoms with Crippen LogP contribution in [-0.2, 0) is 6.54 Å². The molecule has 6 heteroatoms. The zero-order chi connectivity index (χ0) is 12.4. The van der Waals surface area contributed by atoms with Gasteiger partial charge in [-0.15, -0.1) is 5.10 Å². The van der Waals surface area contributed by atoms with Crippen molar-refractivity contribution in [3.8, 4) is 5.69 Å². The topological polar surface area (TPSA) is 72.9 Å². The third-order valence-electron chi connectivity index (χ3n) is 3.24. The normalized spacial score (nSPS) is 16.2. The minimum absolute atomic E-state index is 0.743. The molecule has 1 saturated heterocycles. The van der Waals surface area contributed by atoms with Crippen molar-refractivity contribution >= 4 is 5.69 Å². The van der Waals surface area contributed by atoms with Gasteiger partial charge in [0.15, 0.2) is 5.82 Å². The predicted molar refractivity (Wildman–Crippen MR) is 68.1 cm³/mol. The number of tetrazole rings is 1. The molecule has 0 bridgehead atoms. The molecule has 1 aromatic heterocycles. The monoisotopic (exact) mass is 244 g/mol. The van der Waals surface area contributed by atoms with E-state index >= 15 is 0 Å². The summed E-state index contributed by atoms with van der Waals surface area (Å²) in [7, 11) is 0. The Labute approximate surface area is 105 Å². The average molecular weight is 244 g/mol. The highest BCUT2D eigenvalue weighted by Gasteiger charge is 2.16. The molecule has 3 rings (SSSR count). The maximum absolute atomic E-state index is 5.68. The summed E-state index contributed by atoms with van der Waals surface area (Å²) in [5.74, 6) is 0.877. The second-order valence-corrected chi connectivity index (χ2v) is 4.58. The highest BCUT2D eigenvalue weighted by Crippen LogP contribution is 2.14. The Morgan fingerprint density at radius 3 is 2.56 bits per heavy atom. The zero-order valence-electron chi connectivity index (χ0n) is 10.2. The largest absolute Gasteiger partial charge is 0.399 e. The Kier molecular flexibility index (Phi) is 2.93.